The van der Waals surface area contributed by atoms with Gasteiger partial charge in [-0.3, -0.25) is 4.79 Å². The second-order valence-electron chi connectivity index (χ2n) is 5.06. The highest BCUT2D eigenvalue weighted by atomic mass is 16.3. The van der Waals surface area contributed by atoms with E-state index in [0.29, 0.717) is 5.49 Å². The molecule has 2 aromatic carbocycles. The van der Waals surface area contributed by atoms with Crippen molar-refractivity contribution in [2.75, 3.05) is 0 Å². The molecule has 116 valence electrons. The van der Waals surface area contributed by atoms with Crippen LogP contribution in [0.1, 0.15) is 17.3 Å². The summed E-state index contributed by atoms with van der Waals surface area (Å²) in [5, 5.41) is 15.0. The van der Waals surface area contributed by atoms with Crippen LogP contribution in [0, 0.1) is 0 Å². The van der Waals surface area contributed by atoms with Gasteiger partial charge in [0.15, 0.2) is 5.49 Å². The van der Waals surface area contributed by atoms with Gasteiger partial charge in [-0.25, -0.2) is 5.43 Å². The van der Waals surface area contributed by atoms with Crippen molar-refractivity contribution in [1.29, 1.82) is 0 Å². The number of phenols is 1. The standard InChI is InChI=1S/C18H17N3O2/c1-2-21-15-9-5-3-7-13(15)11-12-17(21)19-20-18(23)14-8-4-6-10-16(14)22/h3-12,22H,2H2,1H3,(H,20,23). The van der Waals surface area contributed by atoms with Gasteiger partial charge in [0.2, 0.25) is 0 Å². The predicted octanol–water partition coefficient (Wildman–Crippen LogP) is 2.61. The zero-order chi connectivity index (χ0) is 16.2. The third kappa shape index (κ3) is 2.94. The quantitative estimate of drug-likeness (QED) is 0.730. The van der Waals surface area contributed by atoms with Gasteiger partial charge < -0.3 is 9.67 Å². The highest BCUT2D eigenvalue weighted by molar-refractivity contribution is 5.96. The van der Waals surface area contributed by atoms with E-state index in [1.807, 2.05) is 47.9 Å². The first-order valence-corrected chi connectivity index (χ1v) is 7.41. The molecule has 0 unspecified atom stereocenters. The number of para-hydroxylation sites is 2. The number of rotatable bonds is 3. The number of hydrogen-bond acceptors (Lipinski definition) is 3. The Balaban J connectivity index is 1.98. The number of pyridine rings is 1. The number of phenolic OH excluding ortho intramolecular Hbond substituents is 1. The van der Waals surface area contributed by atoms with Crippen LogP contribution in [-0.4, -0.2) is 15.6 Å². The second kappa shape index (κ2) is 6.36. The lowest BCUT2D eigenvalue weighted by molar-refractivity contribution is 0.0950. The van der Waals surface area contributed by atoms with Crippen molar-refractivity contribution >= 4 is 16.8 Å². The fourth-order valence-corrected chi connectivity index (χ4v) is 2.52. The topological polar surface area (TPSA) is 66.6 Å². The molecular formula is C18H17N3O2. The average Bonchev–Trinajstić information content (AvgIpc) is 2.59. The Bertz CT molecular complexity index is 929. The molecule has 1 aromatic heterocycles. The van der Waals surface area contributed by atoms with Crippen molar-refractivity contribution in [2.45, 2.75) is 13.5 Å². The number of nitrogens with one attached hydrogen (secondary N) is 1. The van der Waals surface area contributed by atoms with E-state index in [-0.39, 0.29) is 11.3 Å². The first-order valence-electron chi connectivity index (χ1n) is 7.41. The van der Waals surface area contributed by atoms with Crippen LogP contribution in [0.15, 0.2) is 65.8 Å². The zero-order valence-electron chi connectivity index (χ0n) is 12.7. The van der Waals surface area contributed by atoms with Crippen LogP contribution in [0.5, 0.6) is 5.75 Å². The largest absolute Gasteiger partial charge is 0.507 e. The van der Waals surface area contributed by atoms with E-state index in [1.54, 1.807) is 18.2 Å². The molecule has 2 N–H and O–H groups in total. The van der Waals surface area contributed by atoms with E-state index >= 15 is 0 Å². The van der Waals surface area contributed by atoms with Gasteiger partial charge >= 0.3 is 0 Å². The highest BCUT2D eigenvalue weighted by Gasteiger charge is 2.09. The highest BCUT2D eigenvalue weighted by Crippen LogP contribution is 2.15. The molecule has 0 radical (unpaired) electrons. The monoisotopic (exact) mass is 307 g/mol. The third-order valence-electron chi connectivity index (χ3n) is 3.65. The van der Waals surface area contributed by atoms with E-state index in [2.05, 4.69) is 10.5 Å². The molecule has 1 heterocycles. The number of hydrogen-bond donors (Lipinski definition) is 2. The lowest BCUT2D eigenvalue weighted by Crippen LogP contribution is -2.27. The maximum Gasteiger partial charge on any atom is 0.275 e. The maximum atomic E-state index is 12.1. The normalized spacial score (nSPS) is 11.6. The Morgan fingerprint density at radius 2 is 1.83 bits per heavy atom. The molecule has 3 rings (SSSR count). The number of benzene rings is 2. The molecule has 1 amide bonds. The molecule has 23 heavy (non-hydrogen) atoms. The smallest absolute Gasteiger partial charge is 0.275 e. The van der Waals surface area contributed by atoms with E-state index in [4.69, 9.17) is 0 Å². The van der Waals surface area contributed by atoms with Gasteiger partial charge in [-0.15, -0.1) is 0 Å². The molecule has 0 bridgehead atoms. The zero-order valence-corrected chi connectivity index (χ0v) is 12.7. The summed E-state index contributed by atoms with van der Waals surface area (Å²) in [5.74, 6) is -0.513. The number of carbonyl (C=O) groups excluding carboxylic acids is 1. The van der Waals surface area contributed by atoms with Gasteiger partial charge in [0, 0.05) is 12.1 Å². The van der Waals surface area contributed by atoms with Crippen LogP contribution in [-0.2, 0) is 6.54 Å². The molecule has 5 nitrogen and oxygen atoms in total. The maximum absolute atomic E-state index is 12.1. The van der Waals surface area contributed by atoms with Crippen molar-refractivity contribution in [3.63, 3.8) is 0 Å². The number of aryl methyl sites for hydroxylation is 1. The van der Waals surface area contributed by atoms with Crippen LogP contribution in [0.3, 0.4) is 0 Å². The Kier molecular flexibility index (Phi) is 4.10. The third-order valence-corrected chi connectivity index (χ3v) is 3.65. The molecular weight excluding hydrogens is 290 g/mol. The number of amides is 1. The SMILES string of the molecule is CCn1c(=NNC(=O)c2ccccc2O)ccc2ccccc21. The Hall–Kier alpha value is -3.08. The first kappa shape index (κ1) is 14.8. The number of aromatic nitrogens is 1. The van der Waals surface area contributed by atoms with Crippen molar-refractivity contribution in [2.24, 2.45) is 5.10 Å². The summed E-state index contributed by atoms with van der Waals surface area (Å²) in [6.45, 7) is 2.75. The molecule has 0 saturated heterocycles. The predicted molar refractivity (Wildman–Crippen MR) is 88.7 cm³/mol. The minimum Gasteiger partial charge on any atom is -0.507 e. The molecule has 0 aliphatic heterocycles. The van der Waals surface area contributed by atoms with Crippen molar-refractivity contribution in [3.8, 4) is 5.75 Å². The molecule has 0 saturated carbocycles. The van der Waals surface area contributed by atoms with Crippen molar-refractivity contribution in [1.82, 2.24) is 9.99 Å². The summed E-state index contributed by atoms with van der Waals surface area (Å²) >= 11 is 0. The average molecular weight is 307 g/mol. The van der Waals surface area contributed by atoms with Crippen LogP contribution in [0.25, 0.3) is 10.9 Å². The summed E-state index contributed by atoms with van der Waals surface area (Å²) in [4.78, 5) is 12.1. The van der Waals surface area contributed by atoms with Crippen LogP contribution in [0.2, 0.25) is 0 Å². The molecule has 0 aliphatic carbocycles. The van der Waals surface area contributed by atoms with Gasteiger partial charge in [-0.1, -0.05) is 30.3 Å². The minimum absolute atomic E-state index is 0.0675. The van der Waals surface area contributed by atoms with Gasteiger partial charge in [0.1, 0.15) is 5.75 Å². The lowest BCUT2D eigenvalue weighted by atomic mass is 10.2. The summed E-state index contributed by atoms with van der Waals surface area (Å²) in [6, 6.07) is 18.2. The van der Waals surface area contributed by atoms with Gasteiger partial charge in [0.05, 0.1) is 5.56 Å². The number of carbonyl (C=O) groups is 1. The fraction of sp³-hybridized carbons (Fsp3) is 0.111. The molecule has 0 fully saturated rings. The van der Waals surface area contributed by atoms with E-state index in [0.717, 1.165) is 17.4 Å². The summed E-state index contributed by atoms with van der Waals surface area (Å²) in [5.41, 5.74) is 4.39. The van der Waals surface area contributed by atoms with Gasteiger partial charge in [0.25, 0.3) is 5.91 Å². The van der Waals surface area contributed by atoms with Crippen molar-refractivity contribution < 1.29 is 9.90 Å². The first-order chi connectivity index (χ1) is 11.2. The minimum atomic E-state index is -0.445. The van der Waals surface area contributed by atoms with Crippen molar-refractivity contribution in [3.05, 3.63) is 71.7 Å². The molecule has 0 atom stereocenters. The van der Waals surface area contributed by atoms with E-state index in [9.17, 15) is 9.90 Å². The Morgan fingerprint density at radius 1 is 1.09 bits per heavy atom. The molecule has 5 heteroatoms. The van der Waals surface area contributed by atoms with Crippen LogP contribution < -0.4 is 10.9 Å². The number of aromatic hydroxyl groups is 1. The number of fused-ring (bicyclic) bond motifs is 1. The summed E-state index contributed by atoms with van der Waals surface area (Å²) < 4.78 is 2.01. The fourth-order valence-electron chi connectivity index (χ4n) is 2.52. The van der Waals surface area contributed by atoms with Gasteiger partial charge in [-0.05, 0) is 42.6 Å². The molecule has 0 spiro atoms. The Morgan fingerprint density at radius 3 is 2.61 bits per heavy atom. The second-order valence-corrected chi connectivity index (χ2v) is 5.06. The lowest BCUT2D eigenvalue weighted by Gasteiger charge is -2.09. The molecule has 3 aromatic rings. The summed E-state index contributed by atoms with van der Waals surface area (Å²) in [6.07, 6.45) is 0. The van der Waals surface area contributed by atoms with Gasteiger partial charge in [-0.2, -0.15) is 5.10 Å². The van der Waals surface area contributed by atoms with E-state index in [1.165, 1.54) is 6.07 Å². The van der Waals surface area contributed by atoms with E-state index < -0.39 is 5.91 Å². The summed E-state index contributed by atoms with van der Waals surface area (Å²) in [7, 11) is 0. The molecule has 0 aliphatic rings. The van der Waals surface area contributed by atoms with Crippen LogP contribution in [0.4, 0.5) is 0 Å². The van der Waals surface area contributed by atoms with Crippen LogP contribution >= 0.6 is 0 Å². The number of nitrogens with zero attached hydrogens (tertiary/aromatic N) is 2. The Labute approximate surface area is 133 Å².